The number of thioether (sulfide) groups is 1. The molecule has 1 N–H and O–H groups in total. The van der Waals surface area contributed by atoms with Gasteiger partial charge in [0.15, 0.2) is 12.0 Å². The van der Waals surface area contributed by atoms with Gasteiger partial charge in [0.05, 0.1) is 6.61 Å². The molecule has 3 rings (SSSR count). The van der Waals surface area contributed by atoms with E-state index in [1.807, 2.05) is 0 Å². The van der Waals surface area contributed by atoms with Gasteiger partial charge >= 0.3 is 0 Å². The van der Waals surface area contributed by atoms with Gasteiger partial charge in [-0.15, -0.1) is 0 Å². The maximum Gasteiger partial charge on any atom is 0.189 e. The molecule has 0 radical (unpaired) electrons. The molecule has 0 aromatic heterocycles. The molecule has 0 bridgehead atoms. The van der Waals surface area contributed by atoms with Crippen molar-refractivity contribution in [3.8, 4) is 5.75 Å². The number of hydrogen-bond donors (Lipinski definition) is 1. The standard InChI is InChI=1S/C15H19FN2O2S/c1-15(2)7-17-14(18-8-15)21-6-11-4-12(16)3-10-5-19-9-20-13(10)11/h3-4H,5-9H2,1-2H3,(H,17,18). The van der Waals surface area contributed by atoms with Gasteiger partial charge in [-0.2, -0.15) is 0 Å². The molecule has 0 atom stereocenters. The highest BCUT2D eigenvalue weighted by atomic mass is 32.2. The second-order valence-corrected chi connectivity index (χ2v) is 7.06. The molecule has 2 aliphatic heterocycles. The van der Waals surface area contributed by atoms with Gasteiger partial charge in [0.2, 0.25) is 0 Å². The largest absolute Gasteiger partial charge is 0.467 e. The molecule has 2 heterocycles. The lowest BCUT2D eigenvalue weighted by atomic mass is 9.93. The van der Waals surface area contributed by atoms with Crippen LogP contribution in [-0.4, -0.2) is 25.1 Å². The zero-order chi connectivity index (χ0) is 14.9. The average molecular weight is 310 g/mol. The molecule has 1 aromatic carbocycles. The fraction of sp³-hybridized carbons (Fsp3) is 0.533. The van der Waals surface area contributed by atoms with Crippen LogP contribution >= 0.6 is 11.8 Å². The summed E-state index contributed by atoms with van der Waals surface area (Å²) in [7, 11) is 0. The first-order valence-corrected chi connectivity index (χ1v) is 7.95. The summed E-state index contributed by atoms with van der Waals surface area (Å²) in [5, 5.41) is 4.24. The summed E-state index contributed by atoms with van der Waals surface area (Å²) >= 11 is 1.58. The van der Waals surface area contributed by atoms with Crippen molar-refractivity contribution in [3.05, 3.63) is 29.1 Å². The van der Waals surface area contributed by atoms with Gasteiger partial charge in [-0.1, -0.05) is 25.6 Å². The van der Waals surface area contributed by atoms with Gasteiger partial charge in [-0.05, 0) is 12.1 Å². The Morgan fingerprint density at radius 3 is 3.05 bits per heavy atom. The molecule has 0 unspecified atom stereocenters. The first kappa shape index (κ1) is 14.7. The predicted molar refractivity (Wildman–Crippen MR) is 82.1 cm³/mol. The van der Waals surface area contributed by atoms with Crippen molar-refractivity contribution < 1.29 is 13.9 Å². The second kappa shape index (κ2) is 5.85. The van der Waals surface area contributed by atoms with E-state index in [2.05, 4.69) is 24.2 Å². The molecule has 0 saturated carbocycles. The monoisotopic (exact) mass is 310 g/mol. The topological polar surface area (TPSA) is 42.9 Å². The number of ether oxygens (including phenoxy) is 2. The van der Waals surface area contributed by atoms with E-state index < -0.39 is 0 Å². The van der Waals surface area contributed by atoms with Crippen LogP contribution in [0.4, 0.5) is 4.39 Å². The molecule has 0 saturated heterocycles. The predicted octanol–water partition coefficient (Wildman–Crippen LogP) is 2.91. The Morgan fingerprint density at radius 2 is 2.29 bits per heavy atom. The van der Waals surface area contributed by atoms with Crippen molar-refractivity contribution in [2.75, 3.05) is 19.9 Å². The molecular weight excluding hydrogens is 291 g/mol. The highest BCUT2D eigenvalue weighted by Crippen LogP contribution is 2.32. The summed E-state index contributed by atoms with van der Waals surface area (Å²) in [4.78, 5) is 4.54. The van der Waals surface area contributed by atoms with Gasteiger partial charge in [0.25, 0.3) is 0 Å². The van der Waals surface area contributed by atoms with Crippen LogP contribution in [0.15, 0.2) is 17.1 Å². The Morgan fingerprint density at radius 1 is 1.43 bits per heavy atom. The molecule has 4 nitrogen and oxygen atoms in total. The van der Waals surface area contributed by atoms with E-state index >= 15 is 0 Å². The normalized spacial score (nSPS) is 20.0. The smallest absolute Gasteiger partial charge is 0.189 e. The van der Waals surface area contributed by atoms with Crippen LogP contribution in [0.5, 0.6) is 5.75 Å². The van der Waals surface area contributed by atoms with Gasteiger partial charge in [0.1, 0.15) is 11.6 Å². The van der Waals surface area contributed by atoms with E-state index in [1.165, 1.54) is 12.1 Å². The number of amidine groups is 1. The number of nitrogens with one attached hydrogen (secondary N) is 1. The average Bonchev–Trinajstić information content (AvgIpc) is 2.45. The number of nitrogens with zero attached hydrogens (tertiary/aromatic N) is 1. The summed E-state index contributed by atoms with van der Waals surface area (Å²) < 4.78 is 24.4. The van der Waals surface area contributed by atoms with Crippen molar-refractivity contribution in [1.82, 2.24) is 5.32 Å². The van der Waals surface area contributed by atoms with Crippen LogP contribution in [0.2, 0.25) is 0 Å². The van der Waals surface area contributed by atoms with Crippen molar-refractivity contribution >= 4 is 16.9 Å². The molecule has 21 heavy (non-hydrogen) atoms. The fourth-order valence-corrected chi connectivity index (χ4v) is 3.16. The van der Waals surface area contributed by atoms with E-state index in [0.29, 0.717) is 12.4 Å². The van der Waals surface area contributed by atoms with Crippen LogP contribution in [0, 0.1) is 11.2 Å². The molecular formula is C15H19FN2O2S. The Balaban J connectivity index is 1.71. The van der Waals surface area contributed by atoms with E-state index in [4.69, 9.17) is 9.47 Å². The molecule has 0 spiro atoms. The lowest BCUT2D eigenvalue weighted by Gasteiger charge is -2.28. The Bertz CT molecular complexity index is 575. The van der Waals surface area contributed by atoms with Gasteiger partial charge in [-0.3, -0.25) is 4.99 Å². The van der Waals surface area contributed by atoms with Crippen molar-refractivity contribution in [1.29, 1.82) is 0 Å². The van der Waals surface area contributed by atoms with Gasteiger partial charge in [-0.25, -0.2) is 4.39 Å². The van der Waals surface area contributed by atoms with Crippen molar-refractivity contribution in [3.63, 3.8) is 0 Å². The molecule has 114 valence electrons. The number of rotatable bonds is 2. The number of benzene rings is 1. The lowest BCUT2D eigenvalue weighted by molar-refractivity contribution is -0.0171. The van der Waals surface area contributed by atoms with E-state index in [0.717, 1.165) is 35.1 Å². The highest BCUT2D eigenvalue weighted by molar-refractivity contribution is 8.13. The Kier molecular flexibility index (Phi) is 4.08. The first-order valence-electron chi connectivity index (χ1n) is 6.96. The summed E-state index contributed by atoms with van der Waals surface area (Å²) in [6, 6.07) is 3.01. The molecule has 2 aliphatic rings. The SMILES string of the molecule is CC1(C)CN=C(SCc2cc(F)cc3c2OCOC3)NC1. The summed E-state index contributed by atoms with van der Waals surface area (Å²) in [6.45, 7) is 6.71. The van der Waals surface area contributed by atoms with E-state index in [-0.39, 0.29) is 18.0 Å². The minimum Gasteiger partial charge on any atom is -0.467 e. The summed E-state index contributed by atoms with van der Waals surface area (Å²) in [6.07, 6.45) is 0. The third kappa shape index (κ3) is 3.49. The lowest BCUT2D eigenvalue weighted by Crippen LogP contribution is -2.39. The van der Waals surface area contributed by atoms with Crippen LogP contribution in [0.1, 0.15) is 25.0 Å². The van der Waals surface area contributed by atoms with Crippen LogP contribution in [-0.2, 0) is 17.1 Å². The first-order chi connectivity index (χ1) is 10.0. The van der Waals surface area contributed by atoms with Gasteiger partial charge in [0, 0.05) is 35.4 Å². The summed E-state index contributed by atoms with van der Waals surface area (Å²) in [5.74, 6) is 1.14. The zero-order valence-electron chi connectivity index (χ0n) is 12.2. The van der Waals surface area contributed by atoms with Crippen LogP contribution in [0.3, 0.4) is 0 Å². The molecule has 0 fully saturated rings. The van der Waals surface area contributed by atoms with Crippen LogP contribution in [0.25, 0.3) is 0 Å². The number of hydrogen-bond acceptors (Lipinski definition) is 5. The minimum atomic E-state index is -0.252. The summed E-state index contributed by atoms with van der Waals surface area (Å²) in [5.41, 5.74) is 1.83. The maximum atomic E-state index is 13.7. The van der Waals surface area contributed by atoms with E-state index in [1.54, 1.807) is 11.8 Å². The van der Waals surface area contributed by atoms with Crippen LogP contribution < -0.4 is 10.1 Å². The third-order valence-corrected chi connectivity index (χ3v) is 4.49. The molecule has 0 amide bonds. The van der Waals surface area contributed by atoms with Crippen molar-refractivity contribution in [2.45, 2.75) is 26.2 Å². The van der Waals surface area contributed by atoms with Crippen molar-refractivity contribution in [2.24, 2.45) is 10.4 Å². The number of aliphatic imine (C=N–C) groups is 1. The fourth-order valence-electron chi connectivity index (χ4n) is 2.32. The number of halogens is 1. The highest BCUT2D eigenvalue weighted by Gasteiger charge is 2.23. The molecule has 0 aliphatic carbocycles. The van der Waals surface area contributed by atoms with E-state index in [9.17, 15) is 4.39 Å². The second-order valence-electron chi connectivity index (χ2n) is 6.09. The third-order valence-electron chi connectivity index (χ3n) is 3.48. The molecule has 1 aromatic rings. The molecule has 6 heteroatoms. The minimum absolute atomic E-state index is 0.197. The Labute approximate surface area is 128 Å². The number of fused-ring (bicyclic) bond motifs is 1. The quantitative estimate of drug-likeness (QED) is 0.912. The Hall–Kier alpha value is -1.27. The zero-order valence-corrected chi connectivity index (χ0v) is 13.1. The maximum absolute atomic E-state index is 13.7. The van der Waals surface area contributed by atoms with Gasteiger partial charge < -0.3 is 14.8 Å².